The van der Waals surface area contributed by atoms with Gasteiger partial charge in [-0.05, 0) is 18.4 Å². The fourth-order valence-corrected chi connectivity index (χ4v) is 2.63. The third-order valence-corrected chi connectivity index (χ3v) is 3.71. The number of aromatic carboxylic acids is 1. The molecule has 2 N–H and O–H groups in total. The number of rotatable bonds is 7. The lowest BCUT2D eigenvalue weighted by atomic mass is 10.1. The van der Waals surface area contributed by atoms with Crippen LogP contribution in [0.15, 0.2) is 31.2 Å². The molecule has 0 aliphatic carbocycles. The second-order valence-electron chi connectivity index (χ2n) is 5.16. The molecule has 8 heteroatoms. The van der Waals surface area contributed by atoms with Crippen molar-refractivity contribution < 1.29 is 9.90 Å². The van der Waals surface area contributed by atoms with Gasteiger partial charge >= 0.3 is 5.97 Å². The van der Waals surface area contributed by atoms with E-state index in [1.807, 2.05) is 17.7 Å². The molecule has 0 radical (unpaired) electrons. The Bertz CT molecular complexity index is 809. The van der Waals surface area contributed by atoms with E-state index in [9.17, 15) is 9.90 Å². The van der Waals surface area contributed by atoms with E-state index in [2.05, 4.69) is 20.4 Å². The van der Waals surface area contributed by atoms with Gasteiger partial charge in [0.15, 0.2) is 5.82 Å². The minimum atomic E-state index is -0.946. The Kier molecular flexibility index (Phi) is 4.22. The third kappa shape index (κ3) is 3.01. The quantitative estimate of drug-likeness (QED) is 0.644. The molecule has 0 fully saturated rings. The van der Waals surface area contributed by atoms with Crippen LogP contribution in [-0.4, -0.2) is 41.8 Å². The summed E-state index contributed by atoms with van der Waals surface area (Å²) in [5.74, 6) is -0.284. The lowest BCUT2D eigenvalue weighted by molar-refractivity contribution is 0.0696. The number of anilines is 1. The number of imidazole rings is 1. The minimum Gasteiger partial charge on any atom is -0.478 e. The molecule has 8 nitrogen and oxygen atoms in total. The van der Waals surface area contributed by atoms with Crippen molar-refractivity contribution in [3.05, 3.63) is 42.4 Å². The molecular weight excluding hydrogens is 296 g/mol. The van der Waals surface area contributed by atoms with Gasteiger partial charge < -0.3 is 15.0 Å². The lowest BCUT2D eigenvalue weighted by Gasteiger charge is -2.08. The molecule has 120 valence electrons. The first kappa shape index (κ1) is 15.0. The molecule has 23 heavy (non-hydrogen) atoms. The van der Waals surface area contributed by atoms with Crippen molar-refractivity contribution >= 4 is 17.3 Å². The van der Waals surface area contributed by atoms with E-state index in [0.717, 1.165) is 30.6 Å². The maximum atomic E-state index is 11.4. The van der Waals surface area contributed by atoms with E-state index in [1.165, 1.54) is 12.5 Å². The van der Waals surface area contributed by atoms with E-state index in [4.69, 9.17) is 0 Å². The summed E-state index contributed by atoms with van der Waals surface area (Å²) in [7, 11) is 0. The minimum absolute atomic E-state index is 0.273. The summed E-state index contributed by atoms with van der Waals surface area (Å²) >= 11 is 0. The molecule has 0 saturated heterocycles. The molecule has 3 heterocycles. The second kappa shape index (κ2) is 6.47. The van der Waals surface area contributed by atoms with Crippen molar-refractivity contribution in [2.45, 2.75) is 26.3 Å². The van der Waals surface area contributed by atoms with Gasteiger partial charge in [0.25, 0.3) is 0 Å². The molecule has 0 aliphatic rings. The predicted octanol–water partition coefficient (Wildman–Crippen LogP) is 1.69. The maximum Gasteiger partial charge on any atom is 0.337 e. The Morgan fingerprint density at radius 2 is 2.30 bits per heavy atom. The van der Waals surface area contributed by atoms with Crippen molar-refractivity contribution in [1.29, 1.82) is 0 Å². The summed E-state index contributed by atoms with van der Waals surface area (Å²) in [6.07, 6.45) is 9.93. The molecule has 0 aromatic carbocycles. The number of carbonyl (C=O) groups is 1. The molecule has 0 saturated carbocycles. The van der Waals surface area contributed by atoms with E-state index in [0.29, 0.717) is 12.2 Å². The zero-order valence-corrected chi connectivity index (χ0v) is 12.8. The third-order valence-electron chi connectivity index (χ3n) is 3.71. The monoisotopic (exact) mass is 314 g/mol. The molecule has 0 atom stereocenters. The number of hydrogen-bond donors (Lipinski definition) is 2. The zero-order chi connectivity index (χ0) is 16.2. The number of aromatic nitrogens is 5. The van der Waals surface area contributed by atoms with Crippen LogP contribution in [0.3, 0.4) is 0 Å². The Morgan fingerprint density at radius 1 is 1.43 bits per heavy atom. The second-order valence-corrected chi connectivity index (χ2v) is 5.16. The standard InChI is InChI=1S/C15H18N6O2/c1-2-11-12(15(22)23)8-21-13(11)14(18-9-19-21)17-4-3-6-20-7-5-16-10-20/h5,7-10H,2-4,6H2,1H3,(H,22,23)(H,17,18,19). The van der Waals surface area contributed by atoms with Crippen LogP contribution in [0.4, 0.5) is 5.82 Å². The molecule has 0 aliphatic heterocycles. The molecular formula is C15H18N6O2. The van der Waals surface area contributed by atoms with Gasteiger partial charge in [0.05, 0.1) is 11.9 Å². The first-order valence-corrected chi connectivity index (χ1v) is 7.48. The number of nitrogens with one attached hydrogen (secondary N) is 1. The highest BCUT2D eigenvalue weighted by Crippen LogP contribution is 2.24. The average Bonchev–Trinajstić information content (AvgIpc) is 3.18. The number of carboxylic acid groups (broad SMARTS) is 1. The van der Waals surface area contributed by atoms with Gasteiger partial charge in [0.1, 0.15) is 11.8 Å². The Hall–Kier alpha value is -2.90. The highest BCUT2D eigenvalue weighted by molar-refractivity contribution is 5.94. The molecule has 0 unspecified atom stereocenters. The zero-order valence-electron chi connectivity index (χ0n) is 12.8. The van der Waals surface area contributed by atoms with Gasteiger partial charge in [-0.25, -0.2) is 19.3 Å². The van der Waals surface area contributed by atoms with Gasteiger partial charge in [-0.3, -0.25) is 0 Å². The number of aryl methyl sites for hydroxylation is 2. The predicted molar refractivity (Wildman–Crippen MR) is 84.7 cm³/mol. The highest BCUT2D eigenvalue weighted by Gasteiger charge is 2.18. The maximum absolute atomic E-state index is 11.4. The Morgan fingerprint density at radius 3 is 3.00 bits per heavy atom. The van der Waals surface area contributed by atoms with Gasteiger partial charge in [-0.1, -0.05) is 6.92 Å². The molecule has 0 amide bonds. The molecule has 0 spiro atoms. The van der Waals surface area contributed by atoms with Gasteiger partial charge in [0.2, 0.25) is 0 Å². The fourth-order valence-electron chi connectivity index (χ4n) is 2.63. The average molecular weight is 314 g/mol. The van der Waals surface area contributed by atoms with Crippen molar-refractivity contribution in [1.82, 2.24) is 24.1 Å². The fraction of sp³-hybridized carbons (Fsp3) is 0.333. The summed E-state index contributed by atoms with van der Waals surface area (Å²) in [6.45, 7) is 3.51. The highest BCUT2D eigenvalue weighted by atomic mass is 16.4. The van der Waals surface area contributed by atoms with Crippen LogP contribution in [0.5, 0.6) is 0 Å². The van der Waals surface area contributed by atoms with Gasteiger partial charge in [-0.2, -0.15) is 5.10 Å². The lowest BCUT2D eigenvalue weighted by Crippen LogP contribution is -2.09. The van der Waals surface area contributed by atoms with E-state index in [-0.39, 0.29) is 5.56 Å². The normalized spacial score (nSPS) is 11.0. The number of nitrogens with zero attached hydrogens (tertiary/aromatic N) is 5. The van der Waals surface area contributed by atoms with Crippen LogP contribution in [-0.2, 0) is 13.0 Å². The van der Waals surface area contributed by atoms with Crippen molar-refractivity contribution in [2.75, 3.05) is 11.9 Å². The van der Waals surface area contributed by atoms with E-state index in [1.54, 1.807) is 17.0 Å². The SMILES string of the molecule is CCc1c(C(=O)O)cn2ncnc(NCCCn3ccnc3)c12. The smallest absolute Gasteiger partial charge is 0.337 e. The molecule has 0 bridgehead atoms. The van der Waals surface area contributed by atoms with Crippen molar-refractivity contribution in [3.8, 4) is 0 Å². The first-order valence-electron chi connectivity index (χ1n) is 7.48. The summed E-state index contributed by atoms with van der Waals surface area (Å²) in [5.41, 5.74) is 1.75. The summed E-state index contributed by atoms with van der Waals surface area (Å²) < 4.78 is 3.59. The van der Waals surface area contributed by atoms with Crippen LogP contribution in [0.25, 0.3) is 5.52 Å². The van der Waals surface area contributed by atoms with Crippen LogP contribution in [0.2, 0.25) is 0 Å². The number of fused-ring (bicyclic) bond motifs is 1. The van der Waals surface area contributed by atoms with E-state index < -0.39 is 5.97 Å². The topological polar surface area (TPSA) is 97.3 Å². The summed E-state index contributed by atoms with van der Waals surface area (Å²) in [4.78, 5) is 19.6. The first-order chi connectivity index (χ1) is 11.2. The molecule has 3 aromatic heterocycles. The van der Waals surface area contributed by atoms with Crippen LogP contribution in [0.1, 0.15) is 29.3 Å². The van der Waals surface area contributed by atoms with Gasteiger partial charge in [0, 0.05) is 31.7 Å². The number of hydrogen-bond acceptors (Lipinski definition) is 5. The van der Waals surface area contributed by atoms with Crippen molar-refractivity contribution in [3.63, 3.8) is 0 Å². The van der Waals surface area contributed by atoms with Gasteiger partial charge in [-0.15, -0.1) is 0 Å². The van der Waals surface area contributed by atoms with Crippen LogP contribution < -0.4 is 5.32 Å². The van der Waals surface area contributed by atoms with E-state index >= 15 is 0 Å². The Balaban J connectivity index is 1.78. The van der Waals surface area contributed by atoms with Crippen LogP contribution >= 0.6 is 0 Å². The molecule has 3 rings (SSSR count). The largest absolute Gasteiger partial charge is 0.478 e. The number of carboxylic acids is 1. The summed E-state index contributed by atoms with van der Waals surface area (Å²) in [6, 6.07) is 0. The van der Waals surface area contributed by atoms with Crippen molar-refractivity contribution in [2.24, 2.45) is 0 Å². The van der Waals surface area contributed by atoms with Crippen LogP contribution in [0, 0.1) is 0 Å². The summed E-state index contributed by atoms with van der Waals surface area (Å²) in [5, 5.41) is 16.7. The Labute approximate surface area is 132 Å². The molecule has 3 aromatic rings.